The van der Waals surface area contributed by atoms with Crippen molar-refractivity contribution in [2.45, 2.75) is 25.0 Å². The summed E-state index contributed by atoms with van der Waals surface area (Å²) in [6.45, 7) is 3.91. The van der Waals surface area contributed by atoms with E-state index in [4.69, 9.17) is 4.74 Å². The van der Waals surface area contributed by atoms with E-state index in [0.717, 1.165) is 25.2 Å². The second-order valence-electron chi connectivity index (χ2n) is 7.08. The molecule has 7 nitrogen and oxygen atoms in total. The minimum absolute atomic E-state index is 0.105. The molecule has 0 spiro atoms. The van der Waals surface area contributed by atoms with Gasteiger partial charge in [-0.05, 0) is 31.5 Å². The van der Waals surface area contributed by atoms with Crippen LogP contribution in [0.5, 0.6) is 0 Å². The summed E-state index contributed by atoms with van der Waals surface area (Å²) in [7, 11) is 0. The fourth-order valence-corrected chi connectivity index (χ4v) is 4.02. The number of rotatable bonds is 4. The molecule has 4 rings (SSSR count). The van der Waals surface area contributed by atoms with Gasteiger partial charge in [0.15, 0.2) is 0 Å². The van der Waals surface area contributed by atoms with E-state index < -0.39 is 0 Å². The summed E-state index contributed by atoms with van der Waals surface area (Å²) >= 11 is 0. The Labute approximate surface area is 158 Å². The van der Waals surface area contributed by atoms with Gasteiger partial charge in [-0.25, -0.2) is 0 Å². The Hall–Kier alpha value is -2.51. The molecule has 0 aliphatic carbocycles. The average molecular weight is 368 g/mol. The van der Waals surface area contributed by atoms with Crippen LogP contribution in [-0.4, -0.2) is 64.6 Å². The molecule has 1 amide bonds. The van der Waals surface area contributed by atoms with Crippen LogP contribution in [-0.2, 0) is 4.74 Å². The number of carbonyl (C=O) groups is 1. The second kappa shape index (κ2) is 8.02. The predicted octanol–water partition coefficient (Wildman–Crippen LogP) is 1.45. The summed E-state index contributed by atoms with van der Waals surface area (Å²) in [4.78, 5) is 35.5. The average Bonchev–Trinajstić information content (AvgIpc) is 3.21. The summed E-state index contributed by atoms with van der Waals surface area (Å²) in [5.41, 5.74) is 0.880. The lowest BCUT2D eigenvalue weighted by molar-refractivity contribution is -0.0708. The number of H-pyrrole nitrogens is 1. The van der Waals surface area contributed by atoms with E-state index in [-0.39, 0.29) is 29.3 Å². The molecule has 3 heterocycles. The third kappa shape index (κ3) is 3.94. The van der Waals surface area contributed by atoms with E-state index >= 15 is 0 Å². The summed E-state index contributed by atoms with van der Waals surface area (Å²) in [5.74, 6) is -0.219. The van der Waals surface area contributed by atoms with E-state index in [1.807, 2.05) is 35.2 Å². The van der Waals surface area contributed by atoms with Gasteiger partial charge in [0.1, 0.15) is 5.69 Å². The Morgan fingerprint density at radius 1 is 1.15 bits per heavy atom. The van der Waals surface area contributed by atoms with Crippen molar-refractivity contribution >= 4 is 5.91 Å². The highest BCUT2D eigenvalue weighted by Gasteiger charge is 2.38. The first kappa shape index (κ1) is 17.9. The molecule has 2 saturated heterocycles. The van der Waals surface area contributed by atoms with Crippen LogP contribution in [0.25, 0.3) is 0 Å². The number of hydrogen-bond donors (Lipinski definition) is 1. The maximum absolute atomic E-state index is 13.2. The smallest absolute Gasteiger partial charge is 0.272 e. The van der Waals surface area contributed by atoms with Crippen molar-refractivity contribution in [1.82, 2.24) is 19.8 Å². The highest BCUT2D eigenvalue weighted by molar-refractivity contribution is 5.92. The second-order valence-corrected chi connectivity index (χ2v) is 7.08. The Bertz CT molecular complexity index is 832. The zero-order chi connectivity index (χ0) is 18.6. The van der Waals surface area contributed by atoms with Gasteiger partial charge in [-0.1, -0.05) is 30.3 Å². The number of aromatic nitrogens is 2. The van der Waals surface area contributed by atoms with Gasteiger partial charge in [-0.2, -0.15) is 0 Å². The van der Waals surface area contributed by atoms with Crippen molar-refractivity contribution in [2.24, 2.45) is 0 Å². The minimum atomic E-state index is -0.376. The minimum Gasteiger partial charge on any atom is -0.373 e. The van der Waals surface area contributed by atoms with Gasteiger partial charge < -0.3 is 19.5 Å². The number of benzene rings is 1. The number of nitrogens with one attached hydrogen (secondary N) is 1. The zero-order valence-electron chi connectivity index (χ0n) is 15.2. The molecular weight excluding hydrogens is 344 g/mol. The van der Waals surface area contributed by atoms with Crippen molar-refractivity contribution in [3.63, 3.8) is 0 Å². The maximum atomic E-state index is 13.2. The molecule has 1 aromatic carbocycles. The Kier molecular flexibility index (Phi) is 5.31. The van der Waals surface area contributed by atoms with Crippen LogP contribution in [0.15, 0.2) is 47.5 Å². The normalized spacial score (nSPS) is 23.5. The van der Waals surface area contributed by atoms with Crippen LogP contribution in [0.4, 0.5) is 0 Å². The van der Waals surface area contributed by atoms with Crippen LogP contribution < -0.4 is 5.56 Å². The van der Waals surface area contributed by atoms with Crippen LogP contribution >= 0.6 is 0 Å². The van der Waals surface area contributed by atoms with E-state index in [9.17, 15) is 9.59 Å². The Balaban J connectivity index is 1.65. The standard InChI is InChI=1S/C20H24N4O3/c25-18-13-21-12-16(22-18)20(26)24-10-11-27-17(14-23-8-4-5-9-23)19(24)15-6-2-1-3-7-15/h1-3,6-7,12-13,17,19H,4-5,8-11,14H2,(H,22,25)/t17-,19-/m0/s1. The van der Waals surface area contributed by atoms with E-state index in [1.54, 1.807) is 0 Å². The van der Waals surface area contributed by atoms with Gasteiger partial charge in [-0.3, -0.25) is 14.6 Å². The summed E-state index contributed by atoms with van der Waals surface area (Å²) < 4.78 is 6.12. The lowest BCUT2D eigenvalue weighted by Gasteiger charge is -2.42. The lowest BCUT2D eigenvalue weighted by atomic mass is 9.97. The molecule has 142 valence electrons. The van der Waals surface area contributed by atoms with Gasteiger partial charge >= 0.3 is 0 Å². The van der Waals surface area contributed by atoms with Crippen molar-refractivity contribution < 1.29 is 9.53 Å². The van der Waals surface area contributed by atoms with Crippen LogP contribution in [0.3, 0.4) is 0 Å². The predicted molar refractivity (Wildman–Crippen MR) is 100 cm³/mol. The zero-order valence-corrected chi connectivity index (χ0v) is 15.2. The fourth-order valence-electron chi connectivity index (χ4n) is 4.02. The Morgan fingerprint density at radius 3 is 2.67 bits per heavy atom. The quantitative estimate of drug-likeness (QED) is 0.884. The molecule has 1 N–H and O–H groups in total. The first-order valence-corrected chi connectivity index (χ1v) is 9.46. The molecule has 2 atom stereocenters. The molecular formula is C20H24N4O3. The van der Waals surface area contributed by atoms with Crippen LogP contribution in [0, 0.1) is 0 Å². The number of carbonyl (C=O) groups excluding carboxylic acids is 1. The molecule has 2 fully saturated rings. The highest BCUT2D eigenvalue weighted by atomic mass is 16.5. The van der Waals surface area contributed by atoms with Crippen molar-refractivity contribution in [3.05, 3.63) is 64.3 Å². The Morgan fingerprint density at radius 2 is 1.93 bits per heavy atom. The third-order valence-corrected chi connectivity index (χ3v) is 5.27. The van der Waals surface area contributed by atoms with Gasteiger partial charge in [0, 0.05) is 13.1 Å². The number of amides is 1. The number of nitrogens with zero attached hydrogens (tertiary/aromatic N) is 3. The van der Waals surface area contributed by atoms with E-state index in [1.165, 1.54) is 25.2 Å². The van der Waals surface area contributed by atoms with Gasteiger partial charge in [0.2, 0.25) is 0 Å². The summed E-state index contributed by atoms with van der Waals surface area (Å²) in [5, 5.41) is 0. The van der Waals surface area contributed by atoms with Gasteiger partial charge in [0.05, 0.1) is 31.1 Å². The molecule has 27 heavy (non-hydrogen) atoms. The number of morpholine rings is 1. The number of ether oxygens (including phenoxy) is 1. The molecule has 0 radical (unpaired) electrons. The fraction of sp³-hybridized carbons (Fsp3) is 0.450. The summed E-state index contributed by atoms with van der Waals surface area (Å²) in [6, 6.07) is 9.78. The van der Waals surface area contributed by atoms with Crippen LogP contribution in [0.2, 0.25) is 0 Å². The molecule has 1 aromatic heterocycles. The molecule has 0 bridgehead atoms. The lowest BCUT2D eigenvalue weighted by Crippen LogP contribution is -2.51. The molecule has 2 aromatic rings. The topological polar surface area (TPSA) is 78.5 Å². The highest BCUT2D eigenvalue weighted by Crippen LogP contribution is 2.31. The van der Waals surface area contributed by atoms with Crippen molar-refractivity contribution in [2.75, 3.05) is 32.8 Å². The van der Waals surface area contributed by atoms with Gasteiger partial charge in [0.25, 0.3) is 11.5 Å². The van der Waals surface area contributed by atoms with Crippen LogP contribution in [0.1, 0.15) is 34.9 Å². The third-order valence-electron chi connectivity index (χ3n) is 5.27. The molecule has 0 saturated carbocycles. The monoisotopic (exact) mass is 368 g/mol. The van der Waals surface area contributed by atoms with E-state index in [2.05, 4.69) is 14.9 Å². The molecule has 0 unspecified atom stereocenters. The number of hydrogen-bond acceptors (Lipinski definition) is 5. The maximum Gasteiger partial charge on any atom is 0.272 e. The molecule has 7 heteroatoms. The van der Waals surface area contributed by atoms with E-state index in [0.29, 0.717) is 13.2 Å². The first-order chi connectivity index (χ1) is 13.2. The summed E-state index contributed by atoms with van der Waals surface area (Å²) in [6.07, 6.45) is 4.90. The SMILES string of the molecule is O=C(c1cncc(=O)[nH]1)N1CCO[C@@H](CN2CCCC2)[C@@H]1c1ccccc1. The number of likely N-dealkylation sites (tertiary alicyclic amines) is 1. The van der Waals surface area contributed by atoms with Crippen molar-refractivity contribution in [3.8, 4) is 0 Å². The van der Waals surface area contributed by atoms with Gasteiger partial charge in [-0.15, -0.1) is 0 Å². The largest absolute Gasteiger partial charge is 0.373 e. The molecule has 2 aliphatic rings. The molecule has 2 aliphatic heterocycles. The number of aromatic amines is 1. The first-order valence-electron chi connectivity index (χ1n) is 9.46. The van der Waals surface area contributed by atoms with Crippen molar-refractivity contribution in [1.29, 1.82) is 0 Å².